The van der Waals surface area contributed by atoms with Crippen LogP contribution in [0.15, 0.2) is 17.0 Å². The molecular weight excluding hydrogens is 216 g/mol. The highest BCUT2D eigenvalue weighted by Crippen LogP contribution is 2.21. The molecular formula is C10H13ClN2S. The molecule has 1 aliphatic carbocycles. The summed E-state index contributed by atoms with van der Waals surface area (Å²) in [5.41, 5.74) is 1.58. The molecule has 0 aliphatic heterocycles. The molecule has 1 aliphatic rings. The van der Waals surface area contributed by atoms with Gasteiger partial charge in [0.15, 0.2) is 4.47 Å². The van der Waals surface area contributed by atoms with Gasteiger partial charge in [-0.25, -0.2) is 4.98 Å². The molecule has 1 aromatic rings. The summed E-state index contributed by atoms with van der Waals surface area (Å²) < 4.78 is 0.604. The summed E-state index contributed by atoms with van der Waals surface area (Å²) in [7, 11) is 0. The van der Waals surface area contributed by atoms with E-state index in [4.69, 9.17) is 11.6 Å². The molecule has 0 saturated heterocycles. The number of anilines is 1. The molecule has 0 saturated carbocycles. The lowest BCUT2D eigenvalue weighted by atomic mass is 10.2. The van der Waals surface area contributed by atoms with E-state index in [1.807, 2.05) is 5.38 Å². The summed E-state index contributed by atoms with van der Waals surface area (Å²) >= 11 is 7.19. The average Bonchev–Trinajstić information content (AvgIpc) is 2.77. The molecule has 1 N–H and O–H groups in total. The fourth-order valence-electron chi connectivity index (χ4n) is 1.65. The van der Waals surface area contributed by atoms with Gasteiger partial charge in [0.05, 0.1) is 0 Å². The number of thiazole rings is 1. The minimum Gasteiger partial charge on any atom is -0.369 e. The Bertz CT molecular complexity index is 333. The van der Waals surface area contributed by atoms with Gasteiger partial charge in [0.2, 0.25) is 0 Å². The standard InChI is InChI=1S/C10H13ClN2S/c11-10-13-9(7-14-10)12-6-5-8-3-1-2-4-8/h3,7,12H,1-2,4-6H2. The fourth-order valence-corrected chi connectivity index (χ4v) is 2.37. The Morgan fingerprint density at radius 3 is 3.14 bits per heavy atom. The highest BCUT2D eigenvalue weighted by Gasteiger charge is 2.04. The van der Waals surface area contributed by atoms with Crippen molar-refractivity contribution in [3.63, 3.8) is 0 Å². The molecule has 1 heterocycles. The first-order valence-electron chi connectivity index (χ1n) is 4.87. The van der Waals surface area contributed by atoms with E-state index in [2.05, 4.69) is 16.4 Å². The molecule has 0 spiro atoms. The Labute approximate surface area is 93.0 Å². The molecule has 0 unspecified atom stereocenters. The normalized spacial score (nSPS) is 15.6. The van der Waals surface area contributed by atoms with E-state index in [-0.39, 0.29) is 0 Å². The van der Waals surface area contributed by atoms with E-state index in [0.29, 0.717) is 4.47 Å². The van der Waals surface area contributed by atoms with Crippen LogP contribution in [0.4, 0.5) is 5.82 Å². The van der Waals surface area contributed by atoms with E-state index in [1.165, 1.54) is 30.6 Å². The van der Waals surface area contributed by atoms with Crippen molar-refractivity contribution < 1.29 is 0 Å². The zero-order valence-electron chi connectivity index (χ0n) is 7.92. The second kappa shape index (κ2) is 4.80. The molecule has 0 amide bonds. The third-order valence-electron chi connectivity index (χ3n) is 2.36. The first-order chi connectivity index (χ1) is 6.84. The summed E-state index contributed by atoms with van der Waals surface area (Å²) in [6.07, 6.45) is 7.36. The highest BCUT2D eigenvalue weighted by atomic mass is 35.5. The Kier molecular flexibility index (Phi) is 3.43. The van der Waals surface area contributed by atoms with Crippen LogP contribution in [-0.4, -0.2) is 11.5 Å². The predicted octanol–water partition coefficient (Wildman–Crippen LogP) is 3.71. The van der Waals surface area contributed by atoms with Gasteiger partial charge in [-0.15, -0.1) is 11.3 Å². The van der Waals surface area contributed by atoms with Crippen LogP contribution < -0.4 is 5.32 Å². The molecule has 76 valence electrons. The van der Waals surface area contributed by atoms with Crippen molar-refractivity contribution >= 4 is 28.8 Å². The Balaban J connectivity index is 1.72. The van der Waals surface area contributed by atoms with Gasteiger partial charge in [-0.3, -0.25) is 0 Å². The van der Waals surface area contributed by atoms with Gasteiger partial charge in [0.1, 0.15) is 5.82 Å². The van der Waals surface area contributed by atoms with Gasteiger partial charge < -0.3 is 5.32 Å². The molecule has 4 heteroatoms. The van der Waals surface area contributed by atoms with Crippen LogP contribution in [0.2, 0.25) is 4.47 Å². The number of nitrogens with zero attached hydrogens (tertiary/aromatic N) is 1. The highest BCUT2D eigenvalue weighted by molar-refractivity contribution is 7.14. The summed E-state index contributed by atoms with van der Waals surface area (Å²) in [6, 6.07) is 0. The molecule has 0 fully saturated rings. The van der Waals surface area contributed by atoms with Crippen LogP contribution in [0.1, 0.15) is 25.7 Å². The third kappa shape index (κ3) is 2.72. The summed E-state index contributed by atoms with van der Waals surface area (Å²) in [4.78, 5) is 4.13. The zero-order valence-corrected chi connectivity index (χ0v) is 9.50. The van der Waals surface area contributed by atoms with Gasteiger partial charge in [-0.05, 0) is 25.7 Å². The molecule has 0 bridgehead atoms. The second-order valence-electron chi connectivity index (χ2n) is 3.42. The summed E-state index contributed by atoms with van der Waals surface area (Å²) in [6.45, 7) is 0.964. The van der Waals surface area contributed by atoms with Crippen molar-refractivity contribution in [1.29, 1.82) is 0 Å². The van der Waals surface area contributed by atoms with Gasteiger partial charge in [-0.1, -0.05) is 23.3 Å². The largest absolute Gasteiger partial charge is 0.369 e. The van der Waals surface area contributed by atoms with E-state index in [0.717, 1.165) is 18.8 Å². The number of allylic oxidation sites excluding steroid dienone is 1. The maximum absolute atomic E-state index is 5.72. The minimum atomic E-state index is 0.604. The molecule has 2 rings (SSSR count). The van der Waals surface area contributed by atoms with Crippen molar-refractivity contribution in [1.82, 2.24) is 4.98 Å². The van der Waals surface area contributed by atoms with Gasteiger partial charge in [0, 0.05) is 11.9 Å². The second-order valence-corrected chi connectivity index (χ2v) is 4.86. The topological polar surface area (TPSA) is 24.9 Å². The van der Waals surface area contributed by atoms with Crippen LogP contribution in [0.25, 0.3) is 0 Å². The van der Waals surface area contributed by atoms with Crippen molar-refractivity contribution in [2.24, 2.45) is 0 Å². The van der Waals surface area contributed by atoms with E-state index in [9.17, 15) is 0 Å². The number of halogens is 1. The van der Waals surface area contributed by atoms with Crippen molar-refractivity contribution in [2.75, 3.05) is 11.9 Å². The average molecular weight is 229 g/mol. The van der Waals surface area contributed by atoms with Crippen molar-refractivity contribution in [3.8, 4) is 0 Å². The van der Waals surface area contributed by atoms with Crippen molar-refractivity contribution in [2.45, 2.75) is 25.7 Å². The Morgan fingerprint density at radius 1 is 1.57 bits per heavy atom. The number of aromatic nitrogens is 1. The monoisotopic (exact) mass is 228 g/mol. The zero-order chi connectivity index (χ0) is 9.80. The van der Waals surface area contributed by atoms with Crippen LogP contribution in [0.5, 0.6) is 0 Å². The summed E-state index contributed by atoms with van der Waals surface area (Å²) in [5, 5.41) is 5.22. The lowest BCUT2D eigenvalue weighted by Gasteiger charge is -2.03. The molecule has 0 aromatic carbocycles. The summed E-state index contributed by atoms with van der Waals surface area (Å²) in [5.74, 6) is 0.901. The van der Waals surface area contributed by atoms with Crippen LogP contribution in [0.3, 0.4) is 0 Å². The van der Waals surface area contributed by atoms with E-state index >= 15 is 0 Å². The van der Waals surface area contributed by atoms with Crippen LogP contribution in [0, 0.1) is 0 Å². The van der Waals surface area contributed by atoms with Gasteiger partial charge >= 0.3 is 0 Å². The molecule has 14 heavy (non-hydrogen) atoms. The fraction of sp³-hybridized carbons (Fsp3) is 0.500. The Morgan fingerprint density at radius 2 is 2.50 bits per heavy atom. The number of nitrogens with one attached hydrogen (secondary N) is 1. The maximum Gasteiger partial charge on any atom is 0.185 e. The quantitative estimate of drug-likeness (QED) is 0.795. The molecule has 0 atom stereocenters. The van der Waals surface area contributed by atoms with Gasteiger partial charge in [-0.2, -0.15) is 0 Å². The Hall–Kier alpha value is -0.540. The van der Waals surface area contributed by atoms with E-state index in [1.54, 1.807) is 5.57 Å². The number of rotatable bonds is 4. The lowest BCUT2D eigenvalue weighted by Crippen LogP contribution is -2.02. The number of hydrogen-bond acceptors (Lipinski definition) is 3. The smallest absolute Gasteiger partial charge is 0.185 e. The number of hydrogen-bond donors (Lipinski definition) is 1. The minimum absolute atomic E-state index is 0.604. The molecule has 1 aromatic heterocycles. The maximum atomic E-state index is 5.72. The lowest BCUT2D eigenvalue weighted by molar-refractivity contribution is 0.862. The van der Waals surface area contributed by atoms with Gasteiger partial charge in [0.25, 0.3) is 0 Å². The first kappa shape index (κ1) is 9.99. The van der Waals surface area contributed by atoms with E-state index < -0.39 is 0 Å². The first-order valence-corrected chi connectivity index (χ1v) is 6.13. The SMILES string of the molecule is Clc1nc(NCCC2=CCCC2)cs1. The van der Waals surface area contributed by atoms with Crippen LogP contribution >= 0.6 is 22.9 Å². The van der Waals surface area contributed by atoms with Crippen LogP contribution in [-0.2, 0) is 0 Å². The third-order valence-corrected chi connectivity index (χ3v) is 3.34. The predicted molar refractivity (Wildman–Crippen MR) is 62.2 cm³/mol. The molecule has 0 radical (unpaired) electrons. The molecule has 2 nitrogen and oxygen atoms in total. The van der Waals surface area contributed by atoms with Crippen molar-refractivity contribution in [3.05, 3.63) is 21.5 Å².